The number of likely N-dealkylation sites (tertiary alicyclic amines) is 1. The lowest BCUT2D eigenvalue weighted by Crippen LogP contribution is -2.45. The van der Waals surface area contributed by atoms with E-state index < -0.39 is 0 Å². The van der Waals surface area contributed by atoms with Crippen molar-refractivity contribution >= 4 is 5.91 Å². The molecule has 1 aliphatic heterocycles. The molecule has 2 heterocycles. The van der Waals surface area contributed by atoms with E-state index in [1.165, 1.54) is 13.0 Å². The minimum atomic E-state index is -0.00274. The first-order valence-corrected chi connectivity index (χ1v) is 7.14. The van der Waals surface area contributed by atoms with Crippen LogP contribution >= 0.6 is 0 Å². The largest absolute Gasteiger partial charge is 0.348 e. The first kappa shape index (κ1) is 14.1. The van der Waals surface area contributed by atoms with E-state index in [2.05, 4.69) is 22.2 Å². The summed E-state index contributed by atoms with van der Waals surface area (Å²) < 4.78 is 1.65. The third-order valence-corrected chi connectivity index (χ3v) is 3.70. The van der Waals surface area contributed by atoms with Crippen molar-refractivity contribution in [2.24, 2.45) is 7.05 Å². The smallest absolute Gasteiger partial charge is 0.269 e. The Morgan fingerprint density at radius 1 is 1.47 bits per heavy atom. The maximum absolute atomic E-state index is 12.2. The van der Waals surface area contributed by atoms with E-state index in [4.69, 9.17) is 0 Å². The Morgan fingerprint density at radius 2 is 2.16 bits per heavy atom. The Balaban J connectivity index is 1.85. The van der Waals surface area contributed by atoms with E-state index >= 15 is 0 Å². The average molecular weight is 264 g/mol. The molecule has 1 amide bonds. The second-order valence-corrected chi connectivity index (χ2v) is 5.38. The molecular formula is C14H24N4O. The molecule has 1 aromatic heterocycles. The Hall–Kier alpha value is -1.36. The second kappa shape index (κ2) is 6.19. The van der Waals surface area contributed by atoms with Gasteiger partial charge in [-0.3, -0.25) is 9.48 Å². The molecule has 1 saturated heterocycles. The Morgan fingerprint density at radius 3 is 2.68 bits per heavy atom. The van der Waals surface area contributed by atoms with Crippen LogP contribution in [0.2, 0.25) is 0 Å². The summed E-state index contributed by atoms with van der Waals surface area (Å²) in [5.41, 5.74) is 1.53. The lowest BCUT2D eigenvalue weighted by Gasteiger charge is -2.32. The zero-order chi connectivity index (χ0) is 13.8. The van der Waals surface area contributed by atoms with Crippen molar-refractivity contribution in [3.8, 4) is 0 Å². The van der Waals surface area contributed by atoms with E-state index in [0.29, 0.717) is 11.7 Å². The molecule has 106 valence electrons. The van der Waals surface area contributed by atoms with E-state index in [9.17, 15) is 4.79 Å². The summed E-state index contributed by atoms with van der Waals surface area (Å²) in [5, 5.41) is 7.33. The molecule has 0 bridgehead atoms. The fourth-order valence-electron chi connectivity index (χ4n) is 2.70. The van der Waals surface area contributed by atoms with Gasteiger partial charge in [-0.25, -0.2) is 0 Å². The van der Waals surface area contributed by atoms with E-state index in [1.807, 2.05) is 20.0 Å². The third-order valence-electron chi connectivity index (χ3n) is 3.70. The highest BCUT2D eigenvalue weighted by molar-refractivity contribution is 5.92. The summed E-state index contributed by atoms with van der Waals surface area (Å²) in [4.78, 5) is 14.6. The fraction of sp³-hybridized carbons (Fsp3) is 0.714. The predicted octanol–water partition coefficient (Wildman–Crippen LogP) is 1.33. The summed E-state index contributed by atoms with van der Waals surface area (Å²) >= 11 is 0. The highest BCUT2D eigenvalue weighted by atomic mass is 16.2. The Bertz CT molecular complexity index is 433. The molecule has 19 heavy (non-hydrogen) atoms. The minimum absolute atomic E-state index is 0.00274. The number of amides is 1. The van der Waals surface area contributed by atoms with E-state index in [-0.39, 0.29) is 5.91 Å². The monoisotopic (exact) mass is 264 g/mol. The van der Waals surface area contributed by atoms with Gasteiger partial charge in [0.15, 0.2) is 0 Å². The van der Waals surface area contributed by atoms with Gasteiger partial charge in [-0.05, 0) is 38.8 Å². The molecule has 0 aliphatic carbocycles. The first-order chi connectivity index (χ1) is 9.10. The lowest BCUT2D eigenvalue weighted by molar-refractivity contribution is 0.0901. The van der Waals surface area contributed by atoms with Crippen LogP contribution < -0.4 is 5.32 Å². The summed E-state index contributed by atoms with van der Waals surface area (Å²) in [5.74, 6) is -0.00274. The molecule has 5 nitrogen and oxygen atoms in total. The summed E-state index contributed by atoms with van der Waals surface area (Å²) in [6, 6.07) is 2.14. The van der Waals surface area contributed by atoms with Crippen LogP contribution in [0, 0.1) is 6.92 Å². The van der Waals surface area contributed by atoms with Crippen molar-refractivity contribution in [3.05, 3.63) is 17.5 Å². The van der Waals surface area contributed by atoms with Gasteiger partial charge in [0.25, 0.3) is 5.91 Å². The van der Waals surface area contributed by atoms with Crippen LogP contribution in [0.15, 0.2) is 6.07 Å². The van der Waals surface area contributed by atoms with Gasteiger partial charge < -0.3 is 10.2 Å². The number of aryl methyl sites for hydroxylation is 2. The molecule has 1 aliphatic rings. The number of rotatable bonds is 4. The highest BCUT2D eigenvalue weighted by Gasteiger charge is 2.21. The van der Waals surface area contributed by atoms with Crippen molar-refractivity contribution in [1.29, 1.82) is 0 Å². The van der Waals surface area contributed by atoms with Crippen molar-refractivity contribution < 1.29 is 4.79 Å². The van der Waals surface area contributed by atoms with Gasteiger partial charge in [-0.2, -0.15) is 5.10 Å². The van der Waals surface area contributed by atoms with Gasteiger partial charge >= 0.3 is 0 Å². The Labute approximate surface area is 115 Å². The standard InChI is InChI=1S/C14H24N4O/c1-4-7-18-8-5-12(6-9-18)15-14(19)13-10-11(2)16-17(13)3/h10,12H,4-9H2,1-3H3,(H,15,19). The maximum Gasteiger partial charge on any atom is 0.269 e. The zero-order valence-corrected chi connectivity index (χ0v) is 12.1. The van der Waals surface area contributed by atoms with Gasteiger partial charge in [-0.1, -0.05) is 6.92 Å². The molecule has 0 aromatic carbocycles. The topological polar surface area (TPSA) is 50.2 Å². The molecule has 0 radical (unpaired) electrons. The maximum atomic E-state index is 12.2. The molecule has 1 fully saturated rings. The highest BCUT2D eigenvalue weighted by Crippen LogP contribution is 2.11. The van der Waals surface area contributed by atoms with Crippen molar-refractivity contribution in [3.63, 3.8) is 0 Å². The molecule has 2 rings (SSSR count). The normalized spacial score (nSPS) is 17.6. The zero-order valence-electron chi connectivity index (χ0n) is 12.1. The van der Waals surface area contributed by atoms with Crippen molar-refractivity contribution in [2.75, 3.05) is 19.6 Å². The van der Waals surface area contributed by atoms with Crippen LogP contribution in [-0.2, 0) is 7.05 Å². The van der Waals surface area contributed by atoms with E-state index in [0.717, 1.165) is 31.6 Å². The van der Waals surface area contributed by atoms with E-state index in [1.54, 1.807) is 4.68 Å². The fourth-order valence-corrected chi connectivity index (χ4v) is 2.70. The third kappa shape index (κ3) is 3.56. The first-order valence-electron chi connectivity index (χ1n) is 7.14. The van der Waals surface area contributed by atoms with Crippen LogP contribution in [0.1, 0.15) is 42.4 Å². The molecule has 1 aromatic rings. The number of piperidine rings is 1. The SMILES string of the molecule is CCCN1CCC(NC(=O)c2cc(C)nn2C)CC1. The van der Waals surface area contributed by atoms with Gasteiger partial charge in [0.2, 0.25) is 0 Å². The number of nitrogens with zero attached hydrogens (tertiary/aromatic N) is 3. The number of hydrogen-bond acceptors (Lipinski definition) is 3. The second-order valence-electron chi connectivity index (χ2n) is 5.38. The van der Waals surface area contributed by atoms with Gasteiger partial charge in [-0.15, -0.1) is 0 Å². The molecule has 0 atom stereocenters. The van der Waals surface area contributed by atoms with Gasteiger partial charge in [0, 0.05) is 26.2 Å². The summed E-state index contributed by atoms with van der Waals surface area (Å²) in [6.07, 6.45) is 3.29. The number of carbonyl (C=O) groups excluding carboxylic acids is 1. The lowest BCUT2D eigenvalue weighted by atomic mass is 10.0. The van der Waals surface area contributed by atoms with Crippen LogP contribution in [0.4, 0.5) is 0 Å². The molecular weight excluding hydrogens is 240 g/mol. The number of aromatic nitrogens is 2. The summed E-state index contributed by atoms with van der Waals surface area (Å²) in [7, 11) is 1.81. The average Bonchev–Trinajstić information content (AvgIpc) is 2.71. The molecule has 0 saturated carbocycles. The van der Waals surface area contributed by atoms with Crippen molar-refractivity contribution in [2.45, 2.75) is 39.2 Å². The van der Waals surface area contributed by atoms with Crippen LogP contribution in [0.3, 0.4) is 0 Å². The van der Waals surface area contributed by atoms with Crippen LogP contribution in [0.25, 0.3) is 0 Å². The molecule has 0 spiro atoms. The van der Waals surface area contributed by atoms with Crippen LogP contribution in [0.5, 0.6) is 0 Å². The number of carbonyl (C=O) groups is 1. The number of hydrogen-bond donors (Lipinski definition) is 1. The van der Waals surface area contributed by atoms with Gasteiger partial charge in [0.05, 0.1) is 5.69 Å². The molecule has 1 N–H and O–H groups in total. The molecule has 0 unspecified atom stereocenters. The Kier molecular flexibility index (Phi) is 4.58. The van der Waals surface area contributed by atoms with Crippen LogP contribution in [-0.4, -0.2) is 46.3 Å². The molecule has 5 heteroatoms. The summed E-state index contributed by atoms with van der Waals surface area (Å²) in [6.45, 7) is 7.45. The minimum Gasteiger partial charge on any atom is -0.348 e. The van der Waals surface area contributed by atoms with Crippen molar-refractivity contribution in [1.82, 2.24) is 20.0 Å². The van der Waals surface area contributed by atoms with Gasteiger partial charge in [0.1, 0.15) is 5.69 Å². The quantitative estimate of drug-likeness (QED) is 0.892. The predicted molar refractivity (Wildman–Crippen MR) is 75.2 cm³/mol. The number of nitrogens with one attached hydrogen (secondary N) is 1.